The van der Waals surface area contributed by atoms with Crippen LogP contribution in [0.15, 0.2) is 18.2 Å². The van der Waals surface area contributed by atoms with Crippen LogP contribution in [-0.4, -0.2) is 35.6 Å². The van der Waals surface area contributed by atoms with Crippen LogP contribution in [0.5, 0.6) is 5.75 Å². The molecule has 0 aliphatic carbocycles. The number of nitrogens with zero attached hydrogens (tertiary/aromatic N) is 1. The Balaban J connectivity index is 2.06. The standard InChI is InChI=1S/C14H22N2OS/c1-10-7-16(8-11(2)18-10)9-12-4-13(15)6-14(5-12)17-3/h4-6,10-11H,7-9,15H2,1-3H3. The van der Waals surface area contributed by atoms with Crippen LogP contribution in [0.2, 0.25) is 0 Å². The van der Waals surface area contributed by atoms with E-state index in [2.05, 4.69) is 36.6 Å². The molecule has 0 spiro atoms. The zero-order chi connectivity index (χ0) is 13.1. The average molecular weight is 266 g/mol. The highest BCUT2D eigenvalue weighted by molar-refractivity contribution is 8.00. The SMILES string of the molecule is COc1cc(N)cc(CN2CC(C)SC(C)C2)c1. The molecule has 1 heterocycles. The minimum Gasteiger partial charge on any atom is -0.497 e. The highest BCUT2D eigenvalue weighted by Crippen LogP contribution is 2.27. The number of ether oxygens (including phenoxy) is 1. The lowest BCUT2D eigenvalue weighted by Gasteiger charge is -2.34. The molecule has 2 unspecified atom stereocenters. The van der Waals surface area contributed by atoms with E-state index in [4.69, 9.17) is 10.5 Å². The lowest BCUT2D eigenvalue weighted by Crippen LogP contribution is -2.39. The Hall–Kier alpha value is -0.870. The van der Waals surface area contributed by atoms with Crippen LogP contribution in [0.25, 0.3) is 0 Å². The third kappa shape index (κ3) is 3.56. The van der Waals surface area contributed by atoms with Gasteiger partial charge in [0.25, 0.3) is 0 Å². The molecule has 1 saturated heterocycles. The van der Waals surface area contributed by atoms with Gasteiger partial charge in [0.05, 0.1) is 7.11 Å². The molecule has 0 bridgehead atoms. The first-order valence-corrected chi connectivity index (χ1v) is 7.32. The zero-order valence-electron chi connectivity index (χ0n) is 11.3. The molecule has 1 aliphatic heterocycles. The molecule has 1 fully saturated rings. The van der Waals surface area contributed by atoms with Gasteiger partial charge in [-0.25, -0.2) is 0 Å². The summed E-state index contributed by atoms with van der Waals surface area (Å²) >= 11 is 2.08. The number of anilines is 1. The van der Waals surface area contributed by atoms with Crippen molar-refractivity contribution in [3.63, 3.8) is 0 Å². The first-order chi connectivity index (χ1) is 8.56. The molecular formula is C14H22N2OS. The molecule has 18 heavy (non-hydrogen) atoms. The highest BCUT2D eigenvalue weighted by Gasteiger charge is 2.22. The van der Waals surface area contributed by atoms with Crippen LogP contribution in [0, 0.1) is 0 Å². The largest absolute Gasteiger partial charge is 0.497 e. The maximum Gasteiger partial charge on any atom is 0.121 e. The van der Waals surface area contributed by atoms with Crippen LogP contribution in [0.4, 0.5) is 5.69 Å². The number of benzene rings is 1. The van der Waals surface area contributed by atoms with Crippen molar-refractivity contribution in [2.45, 2.75) is 30.9 Å². The number of methoxy groups -OCH3 is 1. The smallest absolute Gasteiger partial charge is 0.121 e. The fraction of sp³-hybridized carbons (Fsp3) is 0.571. The predicted octanol–water partition coefficient (Wildman–Crippen LogP) is 2.60. The first-order valence-electron chi connectivity index (χ1n) is 6.38. The van der Waals surface area contributed by atoms with Crippen LogP contribution in [-0.2, 0) is 6.54 Å². The molecule has 4 heteroatoms. The van der Waals surface area contributed by atoms with E-state index in [1.807, 2.05) is 12.1 Å². The molecule has 0 amide bonds. The van der Waals surface area contributed by atoms with Crippen molar-refractivity contribution >= 4 is 17.4 Å². The Bertz CT molecular complexity index is 401. The van der Waals surface area contributed by atoms with Gasteiger partial charge >= 0.3 is 0 Å². The monoisotopic (exact) mass is 266 g/mol. The van der Waals surface area contributed by atoms with Gasteiger partial charge in [-0.2, -0.15) is 11.8 Å². The van der Waals surface area contributed by atoms with Crippen molar-refractivity contribution in [3.8, 4) is 5.75 Å². The average Bonchev–Trinajstić information content (AvgIpc) is 2.26. The zero-order valence-corrected chi connectivity index (χ0v) is 12.2. The molecule has 2 rings (SSSR count). The van der Waals surface area contributed by atoms with Gasteiger partial charge in [-0.15, -0.1) is 0 Å². The number of nitrogens with two attached hydrogens (primary N) is 1. The Labute approximate surface area is 114 Å². The first kappa shape index (κ1) is 13.6. The molecule has 2 atom stereocenters. The van der Waals surface area contributed by atoms with Gasteiger partial charge in [-0.05, 0) is 17.7 Å². The van der Waals surface area contributed by atoms with Crippen LogP contribution >= 0.6 is 11.8 Å². The summed E-state index contributed by atoms with van der Waals surface area (Å²) < 4.78 is 5.26. The number of nitrogen functional groups attached to an aromatic ring is 1. The third-order valence-electron chi connectivity index (χ3n) is 3.13. The van der Waals surface area contributed by atoms with Crippen molar-refractivity contribution in [2.75, 3.05) is 25.9 Å². The van der Waals surface area contributed by atoms with Gasteiger partial charge in [0.1, 0.15) is 5.75 Å². The summed E-state index contributed by atoms with van der Waals surface area (Å²) in [6.45, 7) is 7.84. The lowest BCUT2D eigenvalue weighted by molar-refractivity contribution is 0.262. The van der Waals surface area contributed by atoms with E-state index in [-0.39, 0.29) is 0 Å². The van der Waals surface area contributed by atoms with Crippen LogP contribution < -0.4 is 10.5 Å². The molecule has 3 nitrogen and oxygen atoms in total. The van der Waals surface area contributed by atoms with Crippen molar-refractivity contribution in [2.24, 2.45) is 0 Å². The van der Waals surface area contributed by atoms with Gasteiger partial charge in [-0.1, -0.05) is 13.8 Å². The fourth-order valence-corrected chi connectivity index (χ4v) is 3.95. The maximum absolute atomic E-state index is 5.89. The van der Waals surface area contributed by atoms with Crippen LogP contribution in [0.1, 0.15) is 19.4 Å². The van der Waals surface area contributed by atoms with E-state index in [0.717, 1.165) is 31.1 Å². The highest BCUT2D eigenvalue weighted by atomic mass is 32.2. The molecule has 0 aromatic heterocycles. The van der Waals surface area contributed by atoms with Crippen molar-refractivity contribution in [3.05, 3.63) is 23.8 Å². The molecule has 1 aromatic rings. The number of hydrogen-bond donors (Lipinski definition) is 1. The third-order valence-corrected chi connectivity index (χ3v) is 4.35. The molecular weight excluding hydrogens is 244 g/mol. The Kier molecular flexibility index (Phi) is 4.40. The second-order valence-corrected chi connectivity index (χ2v) is 6.95. The quantitative estimate of drug-likeness (QED) is 0.854. The summed E-state index contributed by atoms with van der Waals surface area (Å²) in [6, 6.07) is 5.98. The Morgan fingerprint density at radius 3 is 2.56 bits per heavy atom. The van der Waals surface area contributed by atoms with Crippen LogP contribution in [0.3, 0.4) is 0 Å². The number of rotatable bonds is 3. The number of thioether (sulfide) groups is 1. The van der Waals surface area contributed by atoms with E-state index in [1.54, 1.807) is 7.11 Å². The molecule has 1 aliphatic rings. The maximum atomic E-state index is 5.89. The Morgan fingerprint density at radius 2 is 1.94 bits per heavy atom. The van der Waals surface area contributed by atoms with E-state index in [0.29, 0.717) is 10.5 Å². The molecule has 1 aromatic carbocycles. The predicted molar refractivity (Wildman–Crippen MR) is 79.2 cm³/mol. The summed E-state index contributed by atoms with van der Waals surface area (Å²) in [5, 5.41) is 1.41. The Morgan fingerprint density at radius 1 is 1.28 bits per heavy atom. The van der Waals surface area contributed by atoms with Gasteiger partial charge in [0, 0.05) is 41.9 Å². The minimum atomic E-state index is 0.705. The van der Waals surface area contributed by atoms with E-state index in [1.165, 1.54) is 5.56 Å². The van der Waals surface area contributed by atoms with Gasteiger partial charge < -0.3 is 10.5 Å². The second kappa shape index (κ2) is 5.85. The van der Waals surface area contributed by atoms with Crippen molar-refractivity contribution in [1.29, 1.82) is 0 Å². The fourth-order valence-electron chi connectivity index (χ4n) is 2.57. The normalized spacial score (nSPS) is 25.1. The molecule has 100 valence electrons. The van der Waals surface area contributed by atoms with Gasteiger partial charge in [-0.3, -0.25) is 4.90 Å². The summed E-state index contributed by atoms with van der Waals surface area (Å²) in [6.07, 6.45) is 0. The molecule has 2 N–H and O–H groups in total. The topological polar surface area (TPSA) is 38.5 Å². The van der Waals surface area contributed by atoms with Gasteiger partial charge in [0.15, 0.2) is 0 Å². The summed E-state index contributed by atoms with van der Waals surface area (Å²) in [5.74, 6) is 0.845. The van der Waals surface area contributed by atoms with E-state index >= 15 is 0 Å². The minimum absolute atomic E-state index is 0.705. The summed E-state index contributed by atoms with van der Waals surface area (Å²) in [7, 11) is 1.68. The lowest BCUT2D eigenvalue weighted by atomic mass is 10.1. The molecule has 0 radical (unpaired) electrons. The van der Waals surface area contributed by atoms with E-state index < -0.39 is 0 Å². The van der Waals surface area contributed by atoms with Crippen molar-refractivity contribution in [1.82, 2.24) is 4.90 Å². The van der Waals surface area contributed by atoms with Crippen molar-refractivity contribution < 1.29 is 4.74 Å². The second-order valence-electron chi connectivity index (χ2n) is 5.07. The summed E-state index contributed by atoms with van der Waals surface area (Å²) in [5.41, 5.74) is 7.90. The molecule has 0 saturated carbocycles. The number of hydrogen-bond acceptors (Lipinski definition) is 4. The summed E-state index contributed by atoms with van der Waals surface area (Å²) in [4.78, 5) is 2.50. The van der Waals surface area contributed by atoms with E-state index in [9.17, 15) is 0 Å². The van der Waals surface area contributed by atoms with Gasteiger partial charge in [0.2, 0.25) is 0 Å².